The number of methoxy groups -OCH3 is 1. The topological polar surface area (TPSA) is 41.6 Å². The fraction of sp³-hybridized carbons (Fsp3) is 0.611. The summed E-state index contributed by atoms with van der Waals surface area (Å²) in [5, 5.41) is 3.33. The number of nitrogens with zero attached hydrogens (tertiary/aromatic N) is 1. The Kier molecular flexibility index (Phi) is 4.24. The first-order valence-electron chi connectivity index (χ1n) is 8.17. The Balaban J connectivity index is 1.72. The predicted octanol–water partition coefficient (Wildman–Crippen LogP) is 1.95. The van der Waals surface area contributed by atoms with Crippen molar-refractivity contribution < 1.29 is 9.53 Å². The van der Waals surface area contributed by atoms with E-state index in [2.05, 4.69) is 10.2 Å². The maximum absolute atomic E-state index is 13.0. The third-order valence-corrected chi connectivity index (χ3v) is 5.05. The van der Waals surface area contributed by atoms with E-state index in [1.54, 1.807) is 7.11 Å². The van der Waals surface area contributed by atoms with Crippen LogP contribution in [0, 0.1) is 0 Å². The Morgan fingerprint density at radius 2 is 2.00 bits per heavy atom. The average Bonchev–Trinajstić information content (AvgIpc) is 3.24. The summed E-state index contributed by atoms with van der Waals surface area (Å²) >= 11 is 0. The van der Waals surface area contributed by atoms with Crippen molar-refractivity contribution in [1.82, 2.24) is 10.2 Å². The number of carbonyl (C=O) groups excluding carboxylic acids is 1. The molecule has 1 N–H and O–H groups in total. The molecule has 0 bridgehead atoms. The summed E-state index contributed by atoms with van der Waals surface area (Å²) in [7, 11) is 1.65. The smallest absolute Gasteiger partial charge is 0.233 e. The van der Waals surface area contributed by atoms with Crippen molar-refractivity contribution in [2.75, 3.05) is 33.4 Å². The molecule has 120 valence electrons. The zero-order valence-electron chi connectivity index (χ0n) is 13.6. The van der Waals surface area contributed by atoms with E-state index >= 15 is 0 Å². The molecule has 0 radical (unpaired) electrons. The van der Waals surface area contributed by atoms with Crippen molar-refractivity contribution in [2.45, 2.75) is 37.1 Å². The molecule has 4 nitrogen and oxygen atoms in total. The van der Waals surface area contributed by atoms with Crippen molar-refractivity contribution >= 4 is 5.91 Å². The van der Waals surface area contributed by atoms with E-state index in [1.165, 1.54) is 19.5 Å². The minimum absolute atomic E-state index is 0.00127. The van der Waals surface area contributed by atoms with Crippen LogP contribution in [0.5, 0.6) is 0 Å². The van der Waals surface area contributed by atoms with Crippen molar-refractivity contribution in [3.05, 3.63) is 35.9 Å². The summed E-state index contributed by atoms with van der Waals surface area (Å²) in [6.07, 6.45) is 3.47. The highest BCUT2D eigenvalue weighted by Gasteiger charge is 2.49. The minimum Gasteiger partial charge on any atom is -0.383 e. The number of rotatable bonds is 7. The van der Waals surface area contributed by atoms with E-state index in [1.807, 2.05) is 37.3 Å². The molecule has 22 heavy (non-hydrogen) atoms. The van der Waals surface area contributed by atoms with Crippen LogP contribution in [0.1, 0.15) is 31.7 Å². The normalized spacial score (nSPS) is 22.5. The maximum Gasteiger partial charge on any atom is 0.233 e. The summed E-state index contributed by atoms with van der Waals surface area (Å²) < 4.78 is 5.36. The van der Waals surface area contributed by atoms with E-state index in [9.17, 15) is 4.79 Å². The Bertz CT molecular complexity index is 523. The monoisotopic (exact) mass is 302 g/mol. The lowest BCUT2D eigenvalue weighted by molar-refractivity contribution is -0.129. The fourth-order valence-electron chi connectivity index (χ4n) is 3.19. The van der Waals surface area contributed by atoms with Gasteiger partial charge in [-0.1, -0.05) is 30.3 Å². The third-order valence-electron chi connectivity index (χ3n) is 5.05. The van der Waals surface area contributed by atoms with E-state index < -0.39 is 5.41 Å². The van der Waals surface area contributed by atoms with Crippen molar-refractivity contribution in [3.63, 3.8) is 0 Å². The van der Waals surface area contributed by atoms with Gasteiger partial charge in [-0.05, 0) is 44.8 Å². The van der Waals surface area contributed by atoms with Gasteiger partial charge >= 0.3 is 0 Å². The van der Waals surface area contributed by atoms with Gasteiger partial charge in [0, 0.05) is 13.7 Å². The van der Waals surface area contributed by atoms with E-state index in [0.717, 1.165) is 24.9 Å². The van der Waals surface area contributed by atoms with Gasteiger partial charge in [-0.25, -0.2) is 0 Å². The summed E-state index contributed by atoms with van der Waals surface area (Å²) in [6, 6.07) is 9.94. The minimum atomic E-state index is -0.638. The fourth-order valence-corrected chi connectivity index (χ4v) is 3.19. The highest BCUT2D eigenvalue weighted by Crippen LogP contribution is 2.38. The molecule has 1 unspecified atom stereocenters. The highest BCUT2D eigenvalue weighted by atomic mass is 16.5. The second-order valence-corrected chi connectivity index (χ2v) is 7.00. The van der Waals surface area contributed by atoms with Crippen LogP contribution in [-0.4, -0.2) is 49.7 Å². The number of likely N-dealkylation sites (tertiary alicyclic amines) is 1. The third kappa shape index (κ3) is 3.03. The van der Waals surface area contributed by atoms with Gasteiger partial charge in [-0.3, -0.25) is 4.79 Å². The second kappa shape index (κ2) is 6.01. The molecule has 1 atom stereocenters. The van der Waals surface area contributed by atoms with Gasteiger partial charge in [0.25, 0.3) is 0 Å². The van der Waals surface area contributed by atoms with E-state index in [4.69, 9.17) is 4.74 Å². The molecule has 1 aromatic rings. The van der Waals surface area contributed by atoms with Crippen LogP contribution in [0.15, 0.2) is 30.3 Å². The lowest BCUT2D eigenvalue weighted by atomic mass is 9.82. The molecule has 0 spiro atoms. The van der Waals surface area contributed by atoms with Crippen LogP contribution in [0.25, 0.3) is 0 Å². The number of ether oxygens (including phenoxy) is 1. The molecule has 1 heterocycles. The number of benzene rings is 1. The van der Waals surface area contributed by atoms with E-state index in [0.29, 0.717) is 6.61 Å². The van der Waals surface area contributed by atoms with Crippen molar-refractivity contribution in [2.24, 2.45) is 0 Å². The first-order chi connectivity index (χ1) is 10.6. The van der Waals surface area contributed by atoms with Gasteiger partial charge in [-0.15, -0.1) is 0 Å². The lowest BCUT2D eigenvalue weighted by Crippen LogP contribution is -2.55. The summed E-state index contributed by atoms with van der Waals surface area (Å²) in [6.45, 7) is 5.71. The Morgan fingerprint density at radius 1 is 1.32 bits per heavy atom. The SMILES string of the molecule is COCC(C)(C(=O)NC1(CN2CCC2)CC1)c1ccccc1. The van der Waals surface area contributed by atoms with Crippen LogP contribution in [0.4, 0.5) is 0 Å². The van der Waals surface area contributed by atoms with Crippen LogP contribution >= 0.6 is 0 Å². The Labute approximate surface area is 132 Å². The molecule has 2 fully saturated rings. The molecule has 1 saturated carbocycles. The molecule has 1 amide bonds. The molecule has 1 saturated heterocycles. The van der Waals surface area contributed by atoms with Crippen LogP contribution in [-0.2, 0) is 14.9 Å². The lowest BCUT2D eigenvalue weighted by Gasteiger charge is -2.36. The quantitative estimate of drug-likeness (QED) is 0.837. The van der Waals surface area contributed by atoms with Gasteiger partial charge in [-0.2, -0.15) is 0 Å². The zero-order chi connectivity index (χ0) is 15.6. The predicted molar refractivity (Wildman–Crippen MR) is 86.8 cm³/mol. The van der Waals surface area contributed by atoms with Crippen molar-refractivity contribution in [3.8, 4) is 0 Å². The second-order valence-electron chi connectivity index (χ2n) is 7.00. The summed E-state index contributed by atoms with van der Waals surface area (Å²) in [4.78, 5) is 15.4. The standard InChI is InChI=1S/C18H26N2O2/c1-17(14-22-2,15-7-4-3-5-8-15)16(21)19-18(9-10-18)13-20-11-6-12-20/h3-5,7-8H,6,9-14H2,1-2H3,(H,19,21). The number of nitrogens with one attached hydrogen (secondary N) is 1. The first-order valence-corrected chi connectivity index (χ1v) is 8.17. The molecular formula is C18H26N2O2. The molecule has 4 heteroatoms. The molecule has 1 aliphatic carbocycles. The van der Waals surface area contributed by atoms with Gasteiger partial charge in [0.1, 0.15) is 0 Å². The molecule has 3 rings (SSSR count). The molecule has 1 aliphatic heterocycles. The van der Waals surface area contributed by atoms with Gasteiger partial charge < -0.3 is 15.0 Å². The van der Waals surface area contributed by atoms with Crippen LogP contribution < -0.4 is 5.32 Å². The number of hydrogen-bond donors (Lipinski definition) is 1. The van der Waals surface area contributed by atoms with Gasteiger partial charge in [0.2, 0.25) is 5.91 Å². The largest absolute Gasteiger partial charge is 0.383 e. The van der Waals surface area contributed by atoms with Crippen molar-refractivity contribution in [1.29, 1.82) is 0 Å². The Hall–Kier alpha value is -1.39. The van der Waals surface area contributed by atoms with E-state index in [-0.39, 0.29) is 11.4 Å². The Morgan fingerprint density at radius 3 is 2.50 bits per heavy atom. The zero-order valence-corrected chi connectivity index (χ0v) is 13.6. The molecular weight excluding hydrogens is 276 g/mol. The maximum atomic E-state index is 13.0. The van der Waals surface area contributed by atoms with Gasteiger partial charge in [0.15, 0.2) is 0 Å². The molecule has 0 aromatic heterocycles. The molecule has 1 aromatic carbocycles. The van der Waals surface area contributed by atoms with Crippen LogP contribution in [0.2, 0.25) is 0 Å². The molecule has 2 aliphatic rings. The number of amides is 1. The first kappa shape index (κ1) is 15.5. The average molecular weight is 302 g/mol. The van der Waals surface area contributed by atoms with Crippen LogP contribution in [0.3, 0.4) is 0 Å². The number of hydrogen-bond acceptors (Lipinski definition) is 3. The summed E-state index contributed by atoms with van der Waals surface area (Å²) in [5.74, 6) is 0.0820. The highest BCUT2D eigenvalue weighted by molar-refractivity contribution is 5.89. The number of carbonyl (C=O) groups is 1. The van der Waals surface area contributed by atoms with Gasteiger partial charge in [0.05, 0.1) is 17.6 Å². The summed E-state index contributed by atoms with van der Waals surface area (Å²) in [5.41, 5.74) is 0.371.